The summed E-state index contributed by atoms with van der Waals surface area (Å²) in [6.45, 7) is 0.448. The third kappa shape index (κ3) is 2.13. The maximum absolute atomic E-state index is 12.3. The van der Waals surface area contributed by atoms with Crippen LogP contribution in [0.4, 0.5) is 0 Å². The number of nitrogens with zero attached hydrogens (tertiary/aromatic N) is 1. The van der Waals surface area contributed by atoms with Gasteiger partial charge in [-0.25, -0.2) is 0 Å². The van der Waals surface area contributed by atoms with Crippen molar-refractivity contribution >= 4 is 11.9 Å². The molecule has 1 aromatic rings. The van der Waals surface area contributed by atoms with Gasteiger partial charge in [-0.15, -0.1) is 0 Å². The highest BCUT2D eigenvalue weighted by molar-refractivity contribution is 5.86. The zero-order valence-electron chi connectivity index (χ0n) is 11.3. The molecule has 1 saturated carbocycles. The first kappa shape index (κ1) is 13.0. The SMILES string of the molecule is Cn1ccc(CNC(=O)C2C3C=CC(C3)C2C(=O)O)c1. The van der Waals surface area contributed by atoms with Crippen LogP contribution < -0.4 is 5.32 Å². The summed E-state index contributed by atoms with van der Waals surface area (Å²) < 4.78 is 1.92. The van der Waals surface area contributed by atoms with Crippen LogP contribution in [0.2, 0.25) is 0 Å². The minimum Gasteiger partial charge on any atom is -0.481 e. The third-order valence-corrected chi connectivity index (χ3v) is 4.41. The van der Waals surface area contributed by atoms with E-state index in [-0.39, 0.29) is 17.7 Å². The van der Waals surface area contributed by atoms with Gasteiger partial charge in [-0.2, -0.15) is 0 Å². The lowest BCUT2D eigenvalue weighted by molar-refractivity contribution is -0.147. The van der Waals surface area contributed by atoms with E-state index < -0.39 is 17.8 Å². The fraction of sp³-hybridized carbons (Fsp3) is 0.467. The average Bonchev–Trinajstić information content (AvgIpc) is 3.10. The Balaban J connectivity index is 1.67. The van der Waals surface area contributed by atoms with Crippen LogP contribution in [-0.4, -0.2) is 21.6 Å². The Morgan fingerprint density at radius 2 is 2.05 bits per heavy atom. The summed E-state index contributed by atoms with van der Waals surface area (Å²) in [7, 11) is 1.92. The zero-order chi connectivity index (χ0) is 14.3. The molecule has 1 fully saturated rings. The summed E-state index contributed by atoms with van der Waals surface area (Å²) in [5.74, 6) is -1.89. The highest BCUT2D eigenvalue weighted by Gasteiger charge is 2.51. The molecule has 0 aliphatic heterocycles. The van der Waals surface area contributed by atoms with E-state index in [1.54, 1.807) is 0 Å². The van der Waals surface area contributed by atoms with Crippen LogP contribution in [0.3, 0.4) is 0 Å². The smallest absolute Gasteiger partial charge is 0.307 e. The second-order valence-corrected chi connectivity index (χ2v) is 5.74. The van der Waals surface area contributed by atoms with Crippen LogP contribution in [-0.2, 0) is 23.2 Å². The van der Waals surface area contributed by atoms with Gasteiger partial charge in [0.05, 0.1) is 11.8 Å². The van der Waals surface area contributed by atoms with Crippen molar-refractivity contribution in [1.29, 1.82) is 0 Å². The second kappa shape index (κ2) is 4.81. The van der Waals surface area contributed by atoms with E-state index in [1.807, 2.05) is 42.2 Å². The van der Waals surface area contributed by atoms with Gasteiger partial charge >= 0.3 is 5.97 Å². The highest BCUT2D eigenvalue weighted by atomic mass is 16.4. The number of rotatable bonds is 4. The van der Waals surface area contributed by atoms with E-state index in [0.29, 0.717) is 6.54 Å². The van der Waals surface area contributed by atoms with Crippen LogP contribution in [0, 0.1) is 23.7 Å². The van der Waals surface area contributed by atoms with Crippen LogP contribution in [0.1, 0.15) is 12.0 Å². The molecule has 2 aliphatic rings. The summed E-state index contributed by atoms with van der Waals surface area (Å²) in [5, 5.41) is 12.2. The standard InChI is InChI=1S/C15H18N2O3/c1-17-5-4-9(8-17)7-16-14(18)12-10-2-3-11(6-10)13(12)15(19)20/h2-5,8,10-13H,6-7H2,1H3,(H,16,18)(H,19,20). The molecule has 0 aromatic carbocycles. The van der Waals surface area contributed by atoms with Crippen molar-refractivity contribution in [3.8, 4) is 0 Å². The average molecular weight is 274 g/mol. The summed E-state index contributed by atoms with van der Waals surface area (Å²) in [5.41, 5.74) is 1.02. The maximum Gasteiger partial charge on any atom is 0.307 e. The number of hydrogen-bond acceptors (Lipinski definition) is 2. The lowest BCUT2D eigenvalue weighted by Crippen LogP contribution is -2.39. The fourth-order valence-corrected chi connectivity index (χ4v) is 3.49. The van der Waals surface area contributed by atoms with Crippen LogP contribution in [0.15, 0.2) is 30.6 Å². The molecule has 106 valence electrons. The van der Waals surface area contributed by atoms with Crippen LogP contribution in [0.25, 0.3) is 0 Å². The molecule has 1 heterocycles. The number of carboxylic acid groups (broad SMARTS) is 1. The van der Waals surface area contributed by atoms with Crippen molar-refractivity contribution < 1.29 is 14.7 Å². The third-order valence-electron chi connectivity index (χ3n) is 4.41. The van der Waals surface area contributed by atoms with E-state index in [4.69, 9.17) is 0 Å². The molecule has 0 saturated heterocycles. The summed E-state index contributed by atoms with van der Waals surface area (Å²) in [4.78, 5) is 23.7. The number of aliphatic carboxylic acids is 1. The molecule has 1 amide bonds. The van der Waals surface area contributed by atoms with Gasteiger partial charge in [-0.1, -0.05) is 12.2 Å². The Morgan fingerprint density at radius 1 is 1.35 bits per heavy atom. The van der Waals surface area contributed by atoms with E-state index in [0.717, 1.165) is 12.0 Å². The molecule has 5 heteroatoms. The van der Waals surface area contributed by atoms with Gasteiger partial charge in [-0.05, 0) is 29.9 Å². The predicted molar refractivity (Wildman–Crippen MR) is 72.6 cm³/mol. The van der Waals surface area contributed by atoms with E-state index in [2.05, 4.69) is 5.32 Å². The number of aromatic nitrogens is 1. The van der Waals surface area contributed by atoms with Gasteiger partial charge < -0.3 is 15.0 Å². The molecule has 2 bridgehead atoms. The first-order valence-electron chi connectivity index (χ1n) is 6.86. The monoisotopic (exact) mass is 274 g/mol. The maximum atomic E-state index is 12.3. The lowest BCUT2D eigenvalue weighted by atomic mass is 9.82. The van der Waals surface area contributed by atoms with Gasteiger partial charge in [0.15, 0.2) is 0 Å². The number of carboxylic acids is 1. The van der Waals surface area contributed by atoms with Crippen molar-refractivity contribution in [3.05, 3.63) is 36.2 Å². The molecule has 20 heavy (non-hydrogen) atoms. The van der Waals surface area contributed by atoms with Crippen LogP contribution >= 0.6 is 0 Å². The summed E-state index contributed by atoms with van der Waals surface area (Å²) in [6, 6.07) is 1.94. The number of fused-ring (bicyclic) bond motifs is 2. The van der Waals surface area contributed by atoms with Crippen LogP contribution in [0.5, 0.6) is 0 Å². The number of carbonyl (C=O) groups is 2. The Hall–Kier alpha value is -2.04. The number of aryl methyl sites for hydroxylation is 1. The second-order valence-electron chi connectivity index (χ2n) is 5.74. The summed E-state index contributed by atoms with van der Waals surface area (Å²) in [6.07, 6.45) is 8.60. The Morgan fingerprint density at radius 3 is 2.65 bits per heavy atom. The number of carbonyl (C=O) groups excluding carboxylic acids is 1. The Labute approximate surface area is 117 Å². The predicted octanol–water partition coefficient (Wildman–Crippen LogP) is 1.16. The molecule has 2 N–H and O–H groups in total. The van der Waals surface area contributed by atoms with E-state index in [1.165, 1.54) is 0 Å². The quantitative estimate of drug-likeness (QED) is 0.809. The van der Waals surface area contributed by atoms with Gasteiger partial charge in [0.2, 0.25) is 5.91 Å². The van der Waals surface area contributed by atoms with E-state index >= 15 is 0 Å². The molecule has 2 aliphatic carbocycles. The molecule has 3 rings (SSSR count). The van der Waals surface area contributed by atoms with Gasteiger partial charge in [0.1, 0.15) is 0 Å². The highest BCUT2D eigenvalue weighted by Crippen LogP contribution is 2.48. The molecular formula is C15H18N2O3. The Kier molecular flexibility index (Phi) is 3.12. The minimum absolute atomic E-state index is 0.0185. The van der Waals surface area contributed by atoms with Crippen molar-refractivity contribution in [3.63, 3.8) is 0 Å². The molecule has 0 spiro atoms. The number of nitrogens with one attached hydrogen (secondary N) is 1. The summed E-state index contributed by atoms with van der Waals surface area (Å²) >= 11 is 0. The van der Waals surface area contributed by atoms with E-state index in [9.17, 15) is 14.7 Å². The zero-order valence-corrected chi connectivity index (χ0v) is 11.3. The molecular weight excluding hydrogens is 256 g/mol. The first-order chi connectivity index (χ1) is 9.56. The fourth-order valence-electron chi connectivity index (χ4n) is 3.49. The number of allylic oxidation sites excluding steroid dienone is 2. The minimum atomic E-state index is -0.860. The van der Waals surface area contributed by atoms with Crippen molar-refractivity contribution in [1.82, 2.24) is 9.88 Å². The van der Waals surface area contributed by atoms with Crippen molar-refractivity contribution in [2.45, 2.75) is 13.0 Å². The molecule has 4 atom stereocenters. The largest absolute Gasteiger partial charge is 0.481 e. The molecule has 0 radical (unpaired) electrons. The topological polar surface area (TPSA) is 71.3 Å². The number of hydrogen-bond donors (Lipinski definition) is 2. The lowest BCUT2D eigenvalue weighted by Gasteiger charge is -2.23. The van der Waals surface area contributed by atoms with Gasteiger partial charge in [0.25, 0.3) is 0 Å². The molecule has 1 aromatic heterocycles. The van der Waals surface area contributed by atoms with Crippen molar-refractivity contribution in [2.24, 2.45) is 30.7 Å². The normalized spacial score (nSPS) is 30.6. The molecule has 4 unspecified atom stereocenters. The first-order valence-corrected chi connectivity index (χ1v) is 6.86. The van der Waals surface area contributed by atoms with Gasteiger partial charge in [0, 0.05) is 26.0 Å². The van der Waals surface area contributed by atoms with Gasteiger partial charge in [-0.3, -0.25) is 9.59 Å². The number of amides is 1. The van der Waals surface area contributed by atoms with Crippen molar-refractivity contribution in [2.75, 3.05) is 0 Å². The molecule has 5 nitrogen and oxygen atoms in total. The Bertz CT molecular complexity index is 575.